The molecule has 4 unspecified atom stereocenters. The van der Waals surface area contributed by atoms with Crippen LogP contribution in [0.15, 0.2) is 43.0 Å². The Bertz CT molecular complexity index is 934. The first-order chi connectivity index (χ1) is 13.6. The highest BCUT2D eigenvalue weighted by Gasteiger charge is 2.44. The van der Waals surface area contributed by atoms with Crippen molar-refractivity contribution in [2.75, 3.05) is 18.1 Å². The van der Waals surface area contributed by atoms with Crippen molar-refractivity contribution in [3.05, 3.63) is 48.5 Å². The number of hydrogen-bond donors (Lipinski definition) is 3. The maximum absolute atomic E-state index is 10.3. The first-order valence-corrected chi connectivity index (χ1v) is 9.23. The zero-order valence-corrected chi connectivity index (χ0v) is 15.5. The molecule has 0 aliphatic carbocycles. The third-order valence-corrected chi connectivity index (χ3v) is 5.03. The van der Waals surface area contributed by atoms with Crippen LogP contribution < -0.4 is 4.90 Å². The van der Waals surface area contributed by atoms with Crippen LogP contribution in [0, 0.1) is 0 Å². The molecule has 1 aliphatic heterocycles. The van der Waals surface area contributed by atoms with Crippen molar-refractivity contribution in [2.24, 2.45) is 0 Å². The van der Waals surface area contributed by atoms with Crippen LogP contribution in [0.2, 0.25) is 0 Å². The Kier molecular flexibility index (Phi) is 5.23. The van der Waals surface area contributed by atoms with Gasteiger partial charge in [0.05, 0.1) is 12.9 Å². The number of nitrogens with zero attached hydrogens (tertiary/aromatic N) is 5. The van der Waals surface area contributed by atoms with Crippen molar-refractivity contribution in [1.29, 1.82) is 0 Å². The van der Waals surface area contributed by atoms with E-state index in [1.54, 1.807) is 4.57 Å². The minimum Gasteiger partial charge on any atom is -0.394 e. The third-order valence-electron chi connectivity index (χ3n) is 5.03. The number of anilines is 1. The molecule has 0 bridgehead atoms. The fourth-order valence-corrected chi connectivity index (χ4v) is 3.51. The Morgan fingerprint density at radius 1 is 1.11 bits per heavy atom. The van der Waals surface area contributed by atoms with Gasteiger partial charge in [0, 0.05) is 13.1 Å². The van der Waals surface area contributed by atoms with Crippen molar-refractivity contribution in [3.63, 3.8) is 0 Å². The first-order valence-electron chi connectivity index (χ1n) is 9.23. The van der Waals surface area contributed by atoms with Crippen molar-refractivity contribution >= 4 is 17.0 Å². The lowest BCUT2D eigenvalue weighted by Crippen LogP contribution is -2.33. The zero-order chi connectivity index (χ0) is 19.7. The molecule has 0 amide bonds. The standard InChI is InChI=1S/C19H23N5O4/c1-2-23(8-12-6-4-3-5-7-12)17-14-18(21-10-20-17)24(11-22-14)19-16(27)15(26)13(9-25)28-19/h3-7,10-11,13,15-16,19,25-27H,2,8-9H2,1H3. The Hall–Kier alpha value is -2.59. The molecular formula is C19H23N5O4. The number of ether oxygens (including phenoxy) is 1. The molecule has 1 fully saturated rings. The van der Waals surface area contributed by atoms with Gasteiger partial charge in [0.1, 0.15) is 24.6 Å². The SMILES string of the molecule is CCN(Cc1ccccc1)c1ncnc2c1ncn2C1OC(CO)C(O)C1O. The highest BCUT2D eigenvalue weighted by atomic mass is 16.6. The second-order valence-corrected chi connectivity index (χ2v) is 6.75. The third kappa shape index (κ3) is 3.22. The second-order valence-electron chi connectivity index (χ2n) is 6.75. The van der Waals surface area contributed by atoms with E-state index in [1.807, 2.05) is 25.1 Å². The lowest BCUT2D eigenvalue weighted by molar-refractivity contribution is -0.0511. The topological polar surface area (TPSA) is 117 Å². The number of fused-ring (bicyclic) bond motifs is 1. The maximum atomic E-state index is 10.3. The van der Waals surface area contributed by atoms with Gasteiger partial charge >= 0.3 is 0 Å². The normalized spacial score (nSPS) is 24.7. The number of rotatable bonds is 6. The van der Waals surface area contributed by atoms with Crippen molar-refractivity contribution < 1.29 is 20.1 Å². The molecule has 28 heavy (non-hydrogen) atoms. The molecular weight excluding hydrogens is 362 g/mol. The number of aliphatic hydroxyl groups is 3. The van der Waals surface area contributed by atoms with Crippen molar-refractivity contribution in [3.8, 4) is 0 Å². The van der Waals surface area contributed by atoms with E-state index in [0.717, 1.165) is 12.1 Å². The number of hydrogen-bond acceptors (Lipinski definition) is 8. The van der Waals surface area contributed by atoms with Gasteiger partial charge in [-0.2, -0.15) is 0 Å². The zero-order valence-electron chi connectivity index (χ0n) is 15.5. The number of aliphatic hydroxyl groups excluding tert-OH is 3. The molecule has 4 atom stereocenters. The molecule has 3 N–H and O–H groups in total. The predicted molar refractivity (Wildman–Crippen MR) is 101 cm³/mol. The summed E-state index contributed by atoms with van der Waals surface area (Å²) in [5.41, 5.74) is 2.23. The summed E-state index contributed by atoms with van der Waals surface area (Å²) in [7, 11) is 0. The van der Waals surface area contributed by atoms with Crippen LogP contribution in [0.3, 0.4) is 0 Å². The summed E-state index contributed by atoms with van der Waals surface area (Å²) in [4.78, 5) is 15.3. The summed E-state index contributed by atoms with van der Waals surface area (Å²) in [6.45, 7) is 3.05. The number of benzene rings is 1. The Balaban J connectivity index is 1.69. The summed E-state index contributed by atoms with van der Waals surface area (Å²) in [5, 5.41) is 29.7. The van der Waals surface area contributed by atoms with Crippen LogP contribution in [-0.4, -0.2) is 66.3 Å². The van der Waals surface area contributed by atoms with Gasteiger partial charge < -0.3 is 25.0 Å². The van der Waals surface area contributed by atoms with Crippen LogP contribution in [0.25, 0.3) is 11.2 Å². The summed E-state index contributed by atoms with van der Waals surface area (Å²) in [6, 6.07) is 10.1. The minimum atomic E-state index is -1.19. The summed E-state index contributed by atoms with van der Waals surface area (Å²) in [6.07, 6.45) is -1.16. The summed E-state index contributed by atoms with van der Waals surface area (Å²) >= 11 is 0. The van der Waals surface area contributed by atoms with Crippen LogP contribution in [0.1, 0.15) is 18.7 Å². The largest absolute Gasteiger partial charge is 0.394 e. The van der Waals surface area contributed by atoms with Crippen LogP contribution >= 0.6 is 0 Å². The molecule has 0 spiro atoms. The maximum Gasteiger partial charge on any atom is 0.167 e. The van der Waals surface area contributed by atoms with E-state index in [-0.39, 0.29) is 6.61 Å². The fraction of sp³-hybridized carbons (Fsp3) is 0.421. The molecule has 0 saturated carbocycles. The number of aromatic nitrogens is 4. The predicted octanol–water partition coefficient (Wildman–Crippen LogP) is 0.464. The van der Waals surface area contributed by atoms with E-state index in [2.05, 4.69) is 32.0 Å². The van der Waals surface area contributed by atoms with Crippen LogP contribution in [0.5, 0.6) is 0 Å². The highest BCUT2D eigenvalue weighted by Crippen LogP contribution is 2.32. The lowest BCUT2D eigenvalue weighted by Gasteiger charge is -2.22. The molecule has 2 aromatic heterocycles. The van der Waals surface area contributed by atoms with E-state index in [1.165, 1.54) is 12.7 Å². The molecule has 4 rings (SSSR count). The highest BCUT2D eigenvalue weighted by molar-refractivity contribution is 5.83. The molecule has 3 heterocycles. The molecule has 3 aromatic rings. The Morgan fingerprint density at radius 2 is 1.89 bits per heavy atom. The van der Waals surface area contributed by atoms with Gasteiger partial charge in [0.15, 0.2) is 23.2 Å². The fourth-order valence-electron chi connectivity index (χ4n) is 3.51. The monoisotopic (exact) mass is 385 g/mol. The van der Waals surface area contributed by atoms with Gasteiger partial charge in [-0.1, -0.05) is 30.3 Å². The second kappa shape index (κ2) is 7.80. The smallest absolute Gasteiger partial charge is 0.167 e. The molecule has 1 aliphatic rings. The van der Waals surface area contributed by atoms with E-state index in [9.17, 15) is 15.3 Å². The van der Waals surface area contributed by atoms with E-state index in [0.29, 0.717) is 23.5 Å². The first kappa shape index (κ1) is 18.8. The van der Waals surface area contributed by atoms with E-state index >= 15 is 0 Å². The van der Waals surface area contributed by atoms with E-state index in [4.69, 9.17) is 4.74 Å². The average Bonchev–Trinajstić information content (AvgIpc) is 3.28. The van der Waals surface area contributed by atoms with E-state index < -0.39 is 24.5 Å². The quantitative estimate of drug-likeness (QED) is 0.560. The molecule has 1 aromatic carbocycles. The van der Waals surface area contributed by atoms with Crippen molar-refractivity contribution in [2.45, 2.75) is 38.0 Å². The molecule has 0 radical (unpaired) electrons. The van der Waals surface area contributed by atoms with Gasteiger partial charge in [0.2, 0.25) is 0 Å². The van der Waals surface area contributed by atoms with Crippen LogP contribution in [0.4, 0.5) is 5.82 Å². The van der Waals surface area contributed by atoms with Crippen molar-refractivity contribution in [1.82, 2.24) is 19.5 Å². The van der Waals surface area contributed by atoms with Gasteiger partial charge in [-0.15, -0.1) is 0 Å². The lowest BCUT2D eigenvalue weighted by atomic mass is 10.1. The molecule has 9 heteroatoms. The molecule has 148 valence electrons. The minimum absolute atomic E-state index is 0.387. The summed E-state index contributed by atoms with van der Waals surface area (Å²) < 4.78 is 7.18. The Labute approximate surface area is 161 Å². The van der Waals surface area contributed by atoms with Crippen LogP contribution in [-0.2, 0) is 11.3 Å². The van der Waals surface area contributed by atoms with Gasteiger partial charge in [-0.05, 0) is 12.5 Å². The molecule has 1 saturated heterocycles. The van der Waals surface area contributed by atoms with Gasteiger partial charge in [-0.3, -0.25) is 4.57 Å². The Morgan fingerprint density at radius 3 is 2.57 bits per heavy atom. The van der Waals surface area contributed by atoms with Gasteiger partial charge in [0.25, 0.3) is 0 Å². The number of imidazole rings is 1. The summed E-state index contributed by atoms with van der Waals surface area (Å²) in [5.74, 6) is 0.682. The molecule has 9 nitrogen and oxygen atoms in total. The van der Waals surface area contributed by atoms with Gasteiger partial charge in [-0.25, -0.2) is 15.0 Å². The average molecular weight is 385 g/mol.